The van der Waals surface area contributed by atoms with Gasteiger partial charge in [-0.05, 0) is 12.8 Å². The number of amides is 1. The summed E-state index contributed by atoms with van der Waals surface area (Å²) in [5.41, 5.74) is 2.78. The molecule has 0 saturated carbocycles. The van der Waals surface area contributed by atoms with Crippen LogP contribution in [0.1, 0.15) is 41.5 Å². The summed E-state index contributed by atoms with van der Waals surface area (Å²) >= 11 is 1.66. The zero-order chi connectivity index (χ0) is 14.7. The van der Waals surface area contributed by atoms with Crippen molar-refractivity contribution in [2.24, 2.45) is 0 Å². The van der Waals surface area contributed by atoms with Gasteiger partial charge in [-0.2, -0.15) is 0 Å². The smallest absolute Gasteiger partial charge is 0.243 e. The molecule has 1 atom stereocenters. The van der Waals surface area contributed by atoms with E-state index in [-0.39, 0.29) is 11.9 Å². The number of carbonyl (C=O) groups is 1. The minimum Gasteiger partial charge on any atom is -0.349 e. The highest BCUT2D eigenvalue weighted by Crippen LogP contribution is 2.19. The van der Waals surface area contributed by atoms with Gasteiger partial charge in [-0.3, -0.25) is 4.79 Å². The highest BCUT2D eigenvalue weighted by Gasteiger charge is 2.28. The van der Waals surface area contributed by atoms with E-state index in [2.05, 4.69) is 32.5 Å². The number of rotatable bonds is 5. The second-order valence-corrected chi connectivity index (χ2v) is 6.05. The Labute approximate surface area is 127 Å². The average Bonchev–Trinajstić information content (AvgIpc) is 3.13. The van der Waals surface area contributed by atoms with Gasteiger partial charge in [0.15, 0.2) is 0 Å². The quantitative estimate of drug-likeness (QED) is 0.778. The van der Waals surface area contributed by atoms with Crippen LogP contribution in [0.5, 0.6) is 0 Å². The van der Waals surface area contributed by atoms with E-state index in [0.717, 1.165) is 47.9 Å². The van der Waals surface area contributed by atoms with Crippen molar-refractivity contribution >= 4 is 17.2 Å². The lowest BCUT2D eigenvalue weighted by atomic mass is 10.1. The van der Waals surface area contributed by atoms with Gasteiger partial charge in [0.05, 0.1) is 29.3 Å². The van der Waals surface area contributed by atoms with Crippen LogP contribution in [0.2, 0.25) is 0 Å². The van der Waals surface area contributed by atoms with E-state index in [1.165, 1.54) is 0 Å². The van der Waals surface area contributed by atoms with Crippen molar-refractivity contribution in [3.63, 3.8) is 0 Å². The van der Waals surface area contributed by atoms with Crippen LogP contribution in [0, 0.1) is 0 Å². The molecule has 1 amide bonds. The molecule has 0 aliphatic carbocycles. The van der Waals surface area contributed by atoms with Crippen LogP contribution < -0.4 is 10.6 Å². The SMILES string of the molecule is CCCc1nc(CNC(=O)[C@H]2NCCc3[nH]cnc32)cs1. The maximum atomic E-state index is 12.3. The zero-order valence-electron chi connectivity index (χ0n) is 12.0. The fourth-order valence-electron chi connectivity index (χ4n) is 2.47. The van der Waals surface area contributed by atoms with Gasteiger partial charge in [0, 0.05) is 24.0 Å². The standard InChI is InChI=1S/C14H19N5OS/c1-2-3-11-19-9(7-21-11)6-16-14(20)13-12-10(4-5-15-13)17-8-18-12/h7-8,13,15H,2-6H2,1H3,(H,16,20)(H,17,18)/t13-/m0/s1. The molecule has 1 aliphatic rings. The molecule has 3 N–H and O–H groups in total. The number of thiazole rings is 1. The predicted molar refractivity (Wildman–Crippen MR) is 81.0 cm³/mol. The number of fused-ring (bicyclic) bond motifs is 1. The number of hydrogen-bond donors (Lipinski definition) is 3. The molecule has 2 aromatic rings. The topological polar surface area (TPSA) is 82.7 Å². The lowest BCUT2D eigenvalue weighted by molar-refractivity contribution is -0.123. The molecular formula is C14H19N5OS. The minimum atomic E-state index is -0.367. The van der Waals surface area contributed by atoms with Crippen LogP contribution >= 0.6 is 11.3 Å². The summed E-state index contributed by atoms with van der Waals surface area (Å²) in [7, 11) is 0. The van der Waals surface area contributed by atoms with E-state index in [1.54, 1.807) is 17.7 Å². The lowest BCUT2D eigenvalue weighted by Crippen LogP contribution is -2.41. The predicted octanol–water partition coefficient (Wildman–Crippen LogP) is 1.32. The van der Waals surface area contributed by atoms with E-state index in [0.29, 0.717) is 6.54 Å². The molecule has 3 rings (SSSR count). The molecule has 0 unspecified atom stereocenters. The number of aromatic amines is 1. The highest BCUT2D eigenvalue weighted by molar-refractivity contribution is 7.09. The van der Waals surface area contributed by atoms with Gasteiger partial charge >= 0.3 is 0 Å². The number of aromatic nitrogens is 3. The first-order valence-electron chi connectivity index (χ1n) is 7.24. The summed E-state index contributed by atoms with van der Waals surface area (Å²) in [6.07, 6.45) is 4.62. The van der Waals surface area contributed by atoms with Gasteiger partial charge in [-0.1, -0.05) is 6.92 Å². The van der Waals surface area contributed by atoms with Crippen LogP contribution in [-0.2, 0) is 24.2 Å². The molecule has 0 bridgehead atoms. The summed E-state index contributed by atoms with van der Waals surface area (Å²) in [6.45, 7) is 3.39. The number of nitrogens with zero attached hydrogens (tertiary/aromatic N) is 2. The number of H-pyrrole nitrogens is 1. The van der Waals surface area contributed by atoms with Crippen molar-refractivity contribution in [3.05, 3.63) is 33.8 Å². The minimum absolute atomic E-state index is 0.0481. The third-order valence-electron chi connectivity index (χ3n) is 3.52. The molecule has 0 aromatic carbocycles. The van der Waals surface area contributed by atoms with E-state index >= 15 is 0 Å². The second-order valence-electron chi connectivity index (χ2n) is 5.10. The normalized spacial score (nSPS) is 17.5. The summed E-state index contributed by atoms with van der Waals surface area (Å²) < 4.78 is 0. The summed E-state index contributed by atoms with van der Waals surface area (Å²) in [5, 5.41) is 9.30. The lowest BCUT2D eigenvalue weighted by Gasteiger charge is -2.21. The van der Waals surface area contributed by atoms with Crippen molar-refractivity contribution in [2.75, 3.05) is 6.54 Å². The molecule has 2 aromatic heterocycles. The molecule has 21 heavy (non-hydrogen) atoms. The highest BCUT2D eigenvalue weighted by atomic mass is 32.1. The summed E-state index contributed by atoms with van der Waals surface area (Å²) in [4.78, 5) is 24.2. The first-order chi connectivity index (χ1) is 10.3. The zero-order valence-corrected chi connectivity index (χ0v) is 12.8. The molecule has 1 aliphatic heterocycles. The van der Waals surface area contributed by atoms with E-state index in [9.17, 15) is 4.79 Å². The van der Waals surface area contributed by atoms with E-state index in [1.807, 2.05) is 5.38 Å². The molecule has 0 radical (unpaired) electrons. The molecule has 0 spiro atoms. The molecule has 112 valence electrons. The first kappa shape index (κ1) is 14.2. The van der Waals surface area contributed by atoms with Crippen LogP contribution in [-0.4, -0.2) is 27.4 Å². The summed E-state index contributed by atoms with van der Waals surface area (Å²) in [5.74, 6) is -0.0481. The van der Waals surface area contributed by atoms with Crippen molar-refractivity contribution in [2.45, 2.75) is 38.8 Å². The fraction of sp³-hybridized carbons (Fsp3) is 0.500. The van der Waals surface area contributed by atoms with E-state index < -0.39 is 0 Å². The largest absolute Gasteiger partial charge is 0.349 e. The number of nitrogens with one attached hydrogen (secondary N) is 3. The second kappa shape index (κ2) is 6.36. The van der Waals surface area contributed by atoms with E-state index in [4.69, 9.17) is 0 Å². The van der Waals surface area contributed by atoms with Crippen molar-refractivity contribution in [1.82, 2.24) is 25.6 Å². The molecule has 6 nitrogen and oxygen atoms in total. The Morgan fingerprint density at radius 2 is 2.48 bits per heavy atom. The molecule has 0 saturated heterocycles. The van der Waals surface area contributed by atoms with Crippen LogP contribution in [0.15, 0.2) is 11.7 Å². The van der Waals surface area contributed by atoms with Crippen molar-refractivity contribution in [1.29, 1.82) is 0 Å². The van der Waals surface area contributed by atoms with Crippen molar-refractivity contribution in [3.8, 4) is 0 Å². The van der Waals surface area contributed by atoms with Crippen LogP contribution in [0.25, 0.3) is 0 Å². The van der Waals surface area contributed by atoms with Gasteiger partial charge in [0.25, 0.3) is 0 Å². The average molecular weight is 305 g/mol. The van der Waals surface area contributed by atoms with Crippen LogP contribution in [0.3, 0.4) is 0 Å². The fourth-order valence-corrected chi connectivity index (χ4v) is 3.37. The third kappa shape index (κ3) is 3.14. The molecule has 0 fully saturated rings. The number of imidazole rings is 1. The van der Waals surface area contributed by atoms with Gasteiger partial charge < -0.3 is 15.6 Å². The Bertz CT molecular complexity index is 620. The Morgan fingerprint density at radius 1 is 1.57 bits per heavy atom. The van der Waals surface area contributed by atoms with Gasteiger partial charge in [-0.25, -0.2) is 9.97 Å². The van der Waals surface area contributed by atoms with Gasteiger partial charge in [0.2, 0.25) is 5.91 Å². The Morgan fingerprint density at radius 3 is 3.33 bits per heavy atom. The molecule has 3 heterocycles. The number of hydrogen-bond acceptors (Lipinski definition) is 5. The molecule has 7 heteroatoms. The number of carbonyl (C=O) groups excluding carboxylic acids is 1. The Hall–Kier alpha value is -1.73. The molecular weight excluding hydrogens is 286 g/mol. The van der Waals surface area contributed by atoms with Crippen LogP contribution in [0.4, 0.5) is 0 Å². The van der Waals surface area contributed by atoms with Gasteiger partial charge in [-0.15, -0.1) is 11.3 Å². The first-order valence-corrected chi connectivity index (χ1v) is 8.12. The summed E-state index contributed by atoms with van der Waals surface area (Å²) in [6, 6.07) is -0.367. The maximum absolute atomic E-state index is 12.3. The Kier molecular flexibility index (Phi) is 4.31. The van der Waals surface area contributed by atoms with Crippen molar-refractivity contribution < 1.29 is 4.79 Å². The monoisotopic (exact) mass is 305 g/mol. The number of aryl methyl sites for hydroxylation is 1. The van der Waals surface area contributed by atoms with Gasteiger partial charge in [0.1, 0.15) is 6.04 Å². The Balaban J connectivity index is 1.60. The third-order valence-corrected chi connectivity index (χ3v) is 4.48. The maximum Gasteiger partial charge on any atom is 0.243 e.